The van der Waals surface area contributed by atoms with E-state index in [1.165, 1.54) is 0 Å². The second-order valence-corrected chi connectivity index (χ2v) is 3.52. The molecule has 0 radical (unpaired) electrons. The van der Waals surface area contributed by atoms with Gasteiger partial charge in [-0.1, -0.05) is 0 Å². The average molecular weight is 371 g/mol. The molecule has 0 aliphatic heterocycles. The zero-order valence-corrected chi connectivity index (χ0v) is 7.56. The van der Waals surface area contributed by atoms with Crippen LogP contribution in [0.15, 0.2) is 0 Å². The van der Waals surface area contributed by atoms with Crippen LogP contribution in [0.5, 0.6) is 0 Å². The molecule has 17 heavy (non-hydrogen) atoms. The van der Waals surface area contributed by atoms with Crippen molar-refractivity contribution in [3.63, 3.8) is 0 Å². The number of thiol groups is 1. The number of hydrogen-bond acceptors (Lipinski definition) is 2. The molecule has 0 aromatic heterocycles. The van der Waals surface area contributed by atoms with E-state index in [0.29, 0.717) is 0 Å². The van der Waals surface area contributed by atoms with E-state index in [1.807, 2.05) is 0 Å². The van der Waals surface area contributed by atoms with Crippen molar-refractivity contribution in [2.24, 2.45) is 0 Å². The fourth-order valence-corrected chi connectivity index (χ4v) is 0.851. The quantitative estimate of drug-likeness (QED) is 0.602. The Kier molecular flexibility index (Phi) is 6.77. The molecule has 0 bridgehead atoms. The second-order valence-electron chi connectivity index (χ2n) is 2.44. The van der Waals surface area contributed by atoms with Gasteiger partial charge in [-0.3, -0.25) is 0 Å². The Morgan fingerprint density at radius 1 is 0.647 bits per heavy atom. The van der Waals surface area contributed by atoms with Crippen molar-refractivity contribution in [2.45, 2.75) is 23.3 Å². The SMILES string of the molecule is O=[SH](=O)C(F)(F)C(F)(F)C(F)(F)C(F)(F)F.[RbH]. The molecule has 0 saturated carbocycles. The van der Waals surface area contributed by atoms with E-state index >= 15 is 0 Å². The van der Waals surface area contributed by atoms with Crippen molar-refractivity contribution in [3.05, 3.63) is 0 Å². The van der Waals surface area contributed by atoms with Gasteiger partial charge in [0, 0.05) is 0 Å². The van der Waals surface area contributed by atoms with E-state index < -0.39 is 34.0 Å². The second kappa shape index (κ2) is 5.63. The summed E-state index contributed by atoms with van der Waals surface area (Å²) >= 11 is 0. The summed E-state index contributed by atoms with van der Waals surface area (Å²) in [4.78, 5) is 0. The molecule has 0 saturated heterocycles. The van der Waals surface area contributed by atoms with Crippen molar-refractivity contribution >= 4 is 68.9 Å². The number of halogens is 9. The Hall–Kier alpha value is 1.13. The molecular weight excluding hydrogens is 369 g/mol. The summed E-state index contributed by atoms with van der Waals surface area (Å²) in [6.45, 7) is 0. The summed E-state index contributed by atoms with van der Waals surface area (Å²) in [7, 11) is -5.51. The van der Waals surface area contributed by atoms with Gasteiger partial charge in [-0.05, 0) is 0 Å². The minimum atomic E-state index is -7.17. The van der Waals surface area contributed by atoms with Crippen molar-refractivity contribution in [1.82, 2.24) is 0 Å². The third-order valence-electron chi connectivity index (χ3n) is 1.36. The molecule has 0 aliphatic carbocycles. The van der Waals surface area contributed by atoms with E-state index in [0.717, 1.165) is 0 Å². The van der Waals surface area contributed by atoms with Crippen LogP contribution in [0.25, 0.3) is 0 Å². The maximum absolute atomic E-state index is 12.1. The van der Waals surface area contributed by atoms with Gasteiger partial charge in [-0.15, -0.1) is 0 Å². The first kappa shape index (κ1) is 20.4. The third kappa shape index (κ3) is 3.36. The van der Waals surface area contributed by atoms with Gasteiger partial charge in [0.05, 0.1) is 0 Å². The van der Waals surface area contributed by atoms with Crippen LogP contribution in [0.1, 0.15) is 0 Å². The molecule has 2 nitrogen and oxygen atoms in total. The van der Waals surface area contributed by atoms with Crippen LogP contribution >= 0.6 is 0 Å². The van der Waals surface area contributed by atoms with Crippen LogP contribution < -0.4 is 0 Å². The number of alkyl halides is 9. The molecule has 13 heteroatoms. The van der Waals surface area contributed by atoms with Gasteiger partial charge in [0.2, 0.25) is 10.7 Å². The van der Waals surface area contributed by atoms with Gasteiger partial charge < -0.3 is 0 Å². The molecule has 100 valence electrons. The van der Waals surface area contributed by atoms with Crippen molar-refractivity contribution in [1.29, 1.82) is 0 Å². The van der Waals surface area contributed by atoms with Crippen molar-refractivity contribution in [2.75, 3.05) is 0 Å². The molecule has 0 aliphatic rings. The Morgan fingerprint density at radius 3 is 1.12 bits per heavy atom. The molecule has 0 aromatic rings. The van der Waals surface area contributed by atoms with Gasteiger partial charge in [0.15, 0.2) is 0 Å². The first-order valence-electron chi connectivity index (χ1n) is 3.04. The van der Waals surface area contributed by atoms with E-state index in [2.05, 4.69) is 0 Å². The Morgan fingerprint density at radius 2 is 0.941 bits per heavy atom. The molecule has 0 N–H and O–H groups in total. The van der Waals surface area contributed by atoms with Crippen LogP contribution in [-0.2, 0) is 10.7 Å². The monoisotopic (exact) mass is 370 g/mol. The van der Waals surface area contributed by atoms with Gasteiger partial charge in [0.25, 0.3) is 0 Å². The Bertz CT molecular complexity index is 337. The van der Waals surface area contributed by atoms with E-state index in [1.54, 1.807) is 0 Å². The van der Waals surface area contributed by atoms with Gasteiger partial charge in [-0.25, -0.2) is 8.42 Å². The predicted octanol–water partition coefficient (Wildman–Crippen LogP) is 1.37. The van der Waals surface area contributed by atoms with Crippen LogP contribution in [0.2, 0.25) is 0 Å². The van der Waals surface area contributed by atoms with Crippen molar-refractivity contribution in [3.8, 4) is 0 Å². The van der Waals surface area contributed by atoms with Crippen molar-refractivity contribution < 1.29 is 47.9 Å². The zero-order chi connectivity index (χ0) is 13.6. The van der Waals surface area contributed by atoms with Gasteiger partial charge >= 0.3 is 81.5 Å². The van der Waals surface area contributed by atoms with Gasteiger partial charge in [-0.2, -0.15) is 39.5 Å². The summed E-state index contributed by atoms with van der Waals surface area (Å²) in [5.41, 5.74) is 0. The Balaban J connectivity index is 0. The van der Waals surface area contributed by atoms with Crippen LogP contribution in [0.3, 0.4) is 0 Å². The summed E-state index contributed by atoms with van der Waals surface area (Å²) in [5.74, 6) is -14.3. The fourth-order valence-electron chi connectivity index (χ4n) is 0.482. The zero-order valence-electron chi connectivity index (χ0n) is 6.67. The van der Waals surface area contributed by atoms with E-state index in [-0.39, 0.29) is 58.2 Å². The summed E-state index contributed by atoms with van der Waals surface area (Å²) < 4.78 is 125. The van der Waals surface area contributed by atoms with Crippen LogP contribution in [0.4, 0.5) is 39.5 Å². The average Bonchev–Trinajstić information content (AvgIpc) is 2.00. The topological polar surface area (TPSA) is 34.1 Å². The molecular formula is C4H2F9O2RbS. The minimum absolute atomic E-state index is 0. The normalized spacial score (nSPS) is 14.7. The summed E-state index contributed by atoms with van der Waals surface area (Å²) in [6.07, 6.45) is -7.01. The fraction of sp³-hybridized carbons (Fsp3) is 1.00. The Labute approximate surface area is 138 Å². The molecule has 0 rings (SSSR count). The number of hydrogen-bond donors (Lipinski definition) is 1. The first-order valence-corrected chi connectivity index (χ1v) is 4.22. The van der Waals surface area contributed by atoms with E-state index in [9.17, 15) is 47.9 Å². The molecule has 0 atom stereocenters. The van der Waals surface area contributed by atoms with Gasteiger partial charge in [0.1, 0.15) is 0 Å². The summed E-state index contributed by atoms with van der Waals surface area (Å²) in [6, 6.07) is 0. The molecule has 0 fully saturated rings. The predicted molar refractivity (Wildman–Crippen MR) is 38.4 cm³/mol. The first-order chi connectivity index (χ1) is 6.69. The number of rotatable bonds is 3. The standard InChI is InChI=1S/C4HF9O2S.Rb.H/c5-1(6,3(9,10)11)2(7,8)4(12,13)16(14)15;;/h16H;;. The van der Waals surface area contributed by atoms with E-state index in [4.69, 9.17) is 0 Å². The van der Waals surface area contributed by atoms with Crippen LogP contribution in [0, 0.1) is 0 Å². The maximum atomic E-state index is 12.1. The molecule has 0 heterocycles. The van der Waals surface area contributed by atoms with Crippen LogP contribution in [-0.4, -0.2) is 89.9 Å². The molecule has 0 aromatic carbocycles. The third-order valence-corrected chi connectivity index (χ3v) is 2.10. The molecule has 0 amide bonds. The summed E-state index contributed by atoms with van der Waals surface area (Å²) in [5, 5.41) is -6.51. The molecule has 0 unspecified atom stereocenters. The molecule has 0 spiro atoms.